The summed E-state index contributed by atoms with van der Waals surface area (Å²) in [6, 6.07) is 7.58. The van der Waals surface area contributed by atoms with Gasteiger partial charge in [-0.25, -0.2) is 0 Å². The van der Waals surface area contributed by atoms with E-state index < -0.39 is 0 Å². The molecule has 18 heavy (non-hydrogen) atoms. The van der Waals surface area contributed by atoms with Gasteiger partial charge in [-0.3, -0.25) is 4.68 Å². The maximum absolute atomic E-state index is 6.15. The van der Waals surface area contributed by atoms with Crippen LogP contribution in [-0.4, -0.2) is 23.4 Å². The van der Waals surface area contributed by atoms with Crippen LogP contribution in [0.5, 0.6) is 5.75 Å². The summed E-state index contributed by atoms with van der Waals surface area (Å²) in [7, 11) is 1.65. The predicted octanol–water partition coefficient (Wildman–Crippen LogP) is 2.33. The highest BCUT2D eigenvalue weighted by atomic mass is 35.5. The van der Waals surface area contributed by atoms with Crippen molar-refractivity contribution < 1.29 is 4.74 Å². The molecule has 1 aromatic heterocycles. The molecule has 0 saturated carbocycles. The van der Waals surface area contributed by atoms with Gasteiger partial charge in [0, 0.05) is 36.1 Å². The minimum Gasteiger partial charge on any atom is -0.496 e. The normalized spacial score (nSPS) is 10.6. The Hall–Kier alpha value is -1.52. The van der Waals surface area contributed by atoms with Gasteiger partial charge < -0.3 is 10.1 Å². The molecule has 2 rings (SSSR count). The molecule has 0 aliphatic carbocycles. The standard InChI is InChI=1S/C13H16ClN3O/c1-18-13-5-2-4-12(14)11(13)10-15-7-9-17-8-3-6-16-17/h2-6,8,15H,7,9-10H2,1H3. The zero-order chi connectivity index (χ0) is 12.8. The van der Waals surface area contributed by atoms with Crippen molar-refractivity contribution in [2.24, 2.45) is 0 Å². The van der Waals surface area contributed by atoms with Gasteiger partial charge in [-0.1, -0.05) is 17.7 Å². The number of nitrogens with one attached hydrogen (secondary N) is 1. The summed E-state index contributed by atoms with van der Waals surface area (Å²) in [5.74, 6) is 0.814. The fourth-order valence-corrected chi connectivity index (χ4v) is 1.97. The van der Waals surface area contributed by atoms with Crippen molar-refractivity contribution in [1.29, 1.82) is 0 Å². The lowest BCUT2D eigenvalue weighted by molar-refractivity contribution is 0.407. The second-order valence-corrected chi connectivity index (χ2v) is 4.27. The Kier molecular flexibility index (Phi) is 4.61. The minimum absolute atomic E-state index is 0.685. The number of rotatable bonds is 6. The van der Waals surface area contributed by atoms with Crippen LogP contribution >= 0.6 is 11.6 Å². The molecule has 0 fully saturated rings. The molecule has 0 saturated heterocycles. The SMILES string of the molecule is COc1cccc(Cl)c1CNCCn1cccn1. The van der Waals surface area contributed by atoms with Crippen LogP contribution in [0.25, 0.3) is 0 Å². The van der Waals surface area contributed by atoms with Crippen LogP contribution in [0.15, 0.2) is 36.7 Å². The Labute approximate surface area is 112 Å². The van der Waals surface area contributed by atoms with Crippen LogP contribution in [-0.2, 0) is 13.1 Å². The van der Waals surface area contributed by atoms with Crippen molar-refractivity contribution in [3.63, 3.8) is 0 Å². The van der Waals surface area contributed by atoms with Gasteiger partial charge in [0.1, 0.15) is 5.75 Å². The molecule has 0 spiro atoms. The summed E-state index contributed by atoms with van der Waals surface area (Å²) in [4.78, 5) is 0. The molecule has 1 heterocycles. The second kappa shape index (κ2) is 6.42. The van der Waals surface area contributed by atoms with Crippen molar-refractivity contribution in [3.05, 3.63) is 47.2 Å². The van der Waals surface area contributed by atoms with Gasteiger partial charge in [0.25, 0.3) is 0 Å². The molecular weight excluding hydrogens is 250 g/mol. The zero-order valence-electron chi connectivity index (χ0n) is 10.3. The molecule has 1 N–H and O–H groups in total. The summed E-state index contributed by atoms with van der Waals surface area (Å²) in [5.41, 5.74) is 0.988. The molecule has 0 aliphatic rings. The average Bonchev–Trinajstić information content (AvgIpc) is 2.89. The predicted molar refractivity (Wildman–Crippen MR) is 71.9 cm³/mol. The number of hydrogen-bond donors (Lipinski definition) is 1. The van der Waals surface area contributed by atoms with E-state index in [4.69, 9.17) is 16.3 Å². The smallest absolute Gasteiger partial charge is 0.124 e. The van der Waals surface area contributed by atoms with E-state index in [1.54, 1.807) is 13.3 Å². The number of methoxy groups -OCH3 is 1. The molecule has 0 bridgehead atoms. The number of halogens is 1. The summed E-state index contributed by atoms with van der Waals surface area (Å²) >= 11 is 6.15. The summed E-state index contributed by atoms with van der Waals surface area (Å²) < 4.78 is 7.17. The van der Waals surface area contributed by atoms with Crippen molar-refractivity contribution in [3.8, 4) is 5.75 Å². The number of benzene rings is 1. The molecule has 1 aromatic carbocycles. The van der Waals surface area contributed by atoms with Crippen LogP contribution in [0.3, 0.4) is 0 Å². The lowest BCUT2D eigenvalue weighted by atomic mass is 10.2. The molecule has 0 aliphatic heterocycles. The quantitative estimate of drug-likeness (QED) is 0.815. The van der Waals surface area contributed by atoms with Crippen LogP contribution < -0.4 is 10.1 Å². The molecule has 4 nitrogen and oxygen atoms in total. The van der Waals surface area contributed by atoms with Crippen LogP contribution in [0.2, 0.25) is 5.02 Å². The number of aromatic nitrogens is 2. The largest absolute Gasteiger partial charge is 0.496 e. The third-order valence-electron chi connectivity index (χ3n) is 2.67. The lowest BCUT2D eigenvalue weighted by Gasteiger charge is -2.11. The first-order valence-electron chi connectivity index (χ1n) is 5.81. The molecule has 0 atom stereocenters. The first kappa shape index (κ1) is 12.9. The Bertz CT molecular complexity index is 485. The third kappa shape index (κ3) is 3.24. The molecular formula is C13H16ClN3O. The van der Waals surface area contributed by atoms with Crippen molar-refractivity contribution >= 4 is 11.6 Å². The fraction of sp³-hybridized carbons (Fsp3) is 0.308. The monoisotopic (exact) mass is 265 g/mol. The Morgan fingerprint density at radius 1 is 1.39 bits per heavy atom. The van der Waals surface area contributed by atoms with E-state index >= 15 is 0 Å². The van der Waals surface area contributed by atoms with E-state index in [1.165, 1.54) is 0 Å². The van der Waals surface area contributed by atoms with E-state index in [1.807, 2.05) is 35.1 Å². The molecule has 96 valence electrons. The number of ether oxygens (including phenoxy) is 1. The second-order valence-electron chi connectivity index (χ2n) is 3.87. The van der Waals surface area contributed by atoms with Gasteiger partial charge in [-0.15, -0.1) is 0 Å². The fourth-order valence-electron chi connectivity index (χ4n) is 1.74. The van der Waals surface area contributed by atoms with E-state index in [2.05, 4.69) is 10.4 Å². The molecule has 0 radical (unpaired) electrons. The van der Waals surface area contributed by atoms with Crippen LogP contribution in [0.4, 0.5) is 0 Å². The minimum atomic E-state index is 0.685. The highest BCUT2D eigenvalue weighted by Gasteiger charge is 2.06. The van der Waals surface area contributed by atoms with Gasteiger partial charge in [0.05, 0.1) is 13.7 Å². The zero-order valence-corrected chi connectivity index (χ0v) is 11.0. The highest BCUT2D eigenvalue weighted by molar-refractivity contribution is 6.31. The summed E-state index contributed by atoms with van der Waals surface area (Å²) in [6.07, 6.45) is 3.72. The lowest BCUT2D eigenvalue weighted by Crippen LogP contribution is -2.20. The first-order chi connectivity index (χ1) is 8.81. The van der Waals surface area contributed by atoms with E-state index in [0.29, 0.717) is 6.54 Å². The molecule has 2 aromatic rings. The Morgan fingerprint density at radius 3 is 3.00 bits per heavy atom. The molecule has 5 heteroatoms. The van der Waals surface area contributed by atoms with E-state index in [0.717, 1.165) is 29.4 Å². The maximum atomic E-state index is 6.15. The van der Waals surface area contributed by atoms with E-state index in [-0.39, 0.29) is 0 Å². The van der Waals surface area contributed by atoms with Crippen molar-refractivity contribution in [1.82, 2.24) is 15.1 Å². The topological polar surface area (TPSA) is 39.1 Å². The molecule has 0 unspecified atom stereocenters. The maximum Gasteiger partial charge on any atom is 0.124 e. The van der Waals surface area contributed by atoms with E-state index in [9.17, 15) is 0 Å². The van der Waals surface area contributed by atoms with Gasteiger partial charge >= 0.3 is 0 Å². The van der Waals surface area contributed by atoms with Crippen molar-refractivity contribution in [2.75, 3.05) is 13.7 Å². The first-order valence-corrected chi connectivity index (χ1v) is 6.18. The van der Waals surface area contributed by atoms with Gasteiger partial charge in [-0.2, -0.15) is 5.10 Å². The highest BCUT2D eigenvalue weighted by Crippen LogP contribution is 2.25. The summed E-state index contributed by atoms with van der Waals surface area (Å²) in [5, 5.41) is 8.19. The van der Waals surface area contributed by atoms with Gasteiger partial charge in [0.2, 0.25) is 0 Å². The van der Waals surface area contributed by atoms with Crippen LogP contribution in [0.1, 0.15) is 5.56 Å². The van der Waals surface area contributed by atoms with Crippen molar-refractivity contribution in [2.45, 2.75) is 13.1 Å². The number of nitrogens with zero attached hydrogens (tertiary/aromatic N) is 2. The Balaban J connectivity index is 1.86. The Morgan fingerprint density at radius 2 is 2.28 bits per heavy atom. The summed E-state index contributed by atoms with van der Waals surface area (Å²) in [6.45, 7) is 2.35. The number of hydrogen-bond acceptors (Lipinski definition) is 3. The van der Waals surface area contributed by atoms with Gasteiger partial charge in [-0.05, 0) is 18.2 Å². The third-order valence-corrected chi connectivity index (χ3v) is 3.03. The molecule has 0 amide bonds. The average molecular weight is 266 g/mol. The van der Waals surface area contributed by atoms with Crippen LogP contribution in [0, 0.1) is 0 Å². The van der Waals surface area contributed by atoms with Gasteiger partial charge in [0.15, 0.2) is 0 Å².